The average molecular weight is 266 g/mol. The molecule has 0 aliphatic carbocycles. The van der Waals surface area contributed by atoms with Gasteiger partial charge in [-0.2, -0.15) is 5.10 Å². The molecule has 19 heavy (non-hydrogen) atoms. The zero-order valence-corrected chi connectivity index (χ0v) is 11.9. The van der Waals surface area contributed by atoms with E-state index < -0.39 is 5.91 Å². The number of hydrogen-bond acceptors (Lipinski definition) is 3. The standard InChI is InChI=1S/C14H26N4O/c1-2-3-4-5-6-7-8-9-10-18-11-12(15)13(17-18)14(16)19/h11H,2-10,15H2,1H3,(H2,16,19). The maximum atomic E-state index is 11.0. The normalized spacial score (nSPS) is 10.8. The Labute approximate surface area is 115 Å². The lowest BCUT2D eigenvalue weighted by molar-refractivity contribution is 0.0995. The molecule has 0 spiro atoms. The quantitative estimate of drug-likeness (QED) is 0.638. The molecule has 0 radical (unpaired) electrons. The summed E-state index contributed by atoms with van der Waals surface area (Å²) < 4.78 is 1.71. The molecule has 0 fully saturated rings. The molecule has 1 aromatic heterocycles. The maximum absolute atomic E-state index is 11.0. The Bertz CT molecular complexity index is 387. The van der Waals surface area contributed by atoms with Gasteiger partial charge in [0.2, 0.25) is 0 Å². The number of carbonyl (C=O) groups excluding carboxylic acids is 1. The van der Waals surface area contributed by atoms with Gasteiger partial charge in [0.05, 0.1) is 5.69 Å². The lowest BCUT2D eigenvalue weighted by atomic mass is 10.1. The van der Waals surface area contributed by atoms with E-state index in [9.17, 15) is 4.79 Å². The molecule has 0 saturated carbocycles. The number of nitrogen functional groups attached to an aromatic ring is 1. The Morgan fingerprint density at radius 2 is 1.74 bits per heavy atom. The van der Waals surface area contributed by atoms with E-state index in [0.29, 0.717) is 5.69 Å². The Kier molecular flexibility index (Phi) is 7.00. The number of aryl methyl sites for hydroxylation is 1. The highest BCUT2D eigenvalue weighted by molar-refractivity contribution is 5.95. The van der Waals surface area contributed by atoms with Crippen molar-refractivity contribution in [3.05, 3.63) is 11.9 Å². The van der Waals surface area contributed by atoms with Gasteiger partial charge in [-0.3, -0.25) is 9.48 Å². The zero-order valence-electron chi connectivity index (χ0n) is 11.9. The van der Waals surface area contributed by atoms with Crippen molar-refractivity contribution in [2.75, 3.05) is 5.73 Å². The van der Waals surface area contributed by atoms with Crippen LogP contribution < -0.4 is 11.5 Å². The summed E-state index contributed by atoms with van der Waals surface area (Å²) in [6.07, 6.45) is 11.9. The number of nitrogens with two attached hydrogens (primary N) is 2. The fourth-order valence-corrected chi connectivity index (χ4v) is 2.15. The molecule has 0 saturated heterocycles. The summed E-state index contributed by atoms with van der Waals surface area (Å²) in [7, 11) is 0. The molecule has 0 atom stereocenters. The first-order valence-electron chi connectivity index (χ1n) is 7.28. The van der Waals surface area contributed by atoms with Crippen molar-refractivity contribution >= 4 is 11.6 Å². The smallest absolute Gasteiger partial charge is 0.271 e. The molecule has 5 heteroatoms. The zero-order chi connectivity index (χ0) is 14.1. The van der Waals surface area contributed by atoms with Crippen LogP contribution >= 0.6 is 0 Å². The number of carbonyl (C=O) groups is 1. The number of aromatic nitrogens is 2. The third-order valence-corrected chi connectivity index (χ3v) is 3.26. The van der Waals surface area contributed by atoms with Crippen LogP contribution in [0, 0.1) is 0 Å². The Morgan fingerprint density at radius 3 is 2.26 bits per heavy atom. The number of rotatable bonds is 10. The van der Waals surface area contributed by atoms with Gasteiger partial charge in [0.25, 0.3) is 5.91 Å². The van der Waals surface area contributed by atoms with Crippen molar-refractivity contribution in [1.29, 1.82) is 0 Å². The van der Waals surface area contributed by atoms with Crippen molar-refractivity contribution in [2.45, 2.75) is 64.8 Å². The first-order chi connectivity index (χ1) is 9.15. The lowest BCUT2D eigenvalue weighted by Crippen LogP contribution is -2.14. The predicted molar refractivity (Wildman–Crippen MR) is 77.8 cm³/mol. The van der Waals surface area contributed by atoms with Crippen molar-refractivity contribution < 1.29 is 4.79 Å². The highest BCUT2D eigenvalue weighted by Gasteiger charge is 2.10. The van der Waals surface area contributed by atoms with Gasteiger partial charge in [-0.05, 0) is 6.42 Å². The van der Waals surface area contributed by atoms with Crippen LogP contribution in [0.3, 0.4) is 0 Å². The number of primary amides is 1. The van der Waals surface area contributed by atoms with E-state index in [2.05, 4.69) is 12.0 Å². The van der Waals surface area contributed by atoms with E-state index in [1.807, 2.05) is 0 Å². The lowest BCUT2D eigenvalue weighted by Gasteiger charge is -2.02. The first kappa shape index (κ1) is 15.5. The number of unbranched alkanes of at least 4 members (excludes halogenated alkanes) is 7. The number of anilines is 1. The highest BCUT2D eigenvalue weighted by Crippen LogP contribution is 2.11. The topological polar surface area (TPSA) is 86.9 Å². The minimum atomic E-state index is -0.563. The van der Waals surface area contributed by atoms with E-state index in [-0.39, 0.29) is 5.69 Å². The highest BCUT2D eigenvalue weighted by atomic mass is 16.1. The van der Waals surface area contributed by atoms with Crippen LogP contribution in [0.15, 0.2) is 6.20 Å². The van der Waals surface area contributed by atoms with Crippen LogP contribution in [-0.4, -0.2) is 15.7 Å². The van der Waals surface area contributed by atoms with Crippen molar-refractivity contribution in [2.24, 2.45) is 5.73 Å². The minimum absolute atomic E-state index is 0.180. The summed E-state index contributed by atoms with van der Waals surface area (Å²) in [5, 5.41) is 4.08. The monoisotopic (exact) mass is 266 g/mol. The van der Waals surface area contributed by atoms with E-state index in [4.69, 9.17) is 11.5 Å². The summed E-state index contributed by atoms with van der Waals surface area (Å²) in [4.78, 5) is 11.0. The van der Waals surface area contributed by atoms with E-state index in [1.54, 1.807) is 10.9 Å². The molecule has 5 nitrogen and oxygen atoms in total. The van der Waals surface area contributed by atoms with Crippen LogP contribution in [0.25, 0.3) is 0 Å². The van der Waals surface area contributed by atoms with Gasteiger partial charge in [0, 0.05) is 12.7 Å². The molecule has 1 rings (SSSR count). The second-order valence-corrected chi connectivity index (χ2v) is 5.04. The molecule has 0 aliphatic rings. The number of hydrogen-bond donors (Lipinski definition) is 2. The molecule has 0 unspecified atom stereocenters. The van der Waals surface area contributed by atoms with Crippen molar-refractivity contribution in [3.63, 3.8) is 0 Å². The maximum Gasteiger partial charge on any atom is 0.271 e. The minimum Gasteiger partial charge on any atom is -0.396 e. The summed E-state index contributed by atoms with van der Waals surface area (Å²) in [6.45, 7) is 3.03. The molecule has 0 aromatic carbocycles. The molecule has 1 heterocycles. The summed E-state index contributed by atoms with van der Waals surface area (Å²) in [6, 6.07) is 0. The van der Waals surface area contributed by atoms with Crippen LogP contribution in [-0.2, 0) is 6.54 Å². The number of amides is 1. The van der Waals surface area contributed by atoms with Crippen LogP contribution in [0.2, 0.25) is 0 Å². The Morgan fingerprint density at radius 1 is 1.16 bits per heavy atom. The Balaban J connectivity index is 2.12. The fourth-order valence-electron chi connectivity index (χ4n) is 2.15. The van der Waals surface area contributed by atoms with Gasteiger partial charge in [0.15, 0.2) is 5.69 Å². The summed E-state index contributed by atoms with van der Waals surface area (Å²) in [5.74, 6) is -0.563. The largest absolute Gasteiger partial charge is 0.396 e. The molecular weight excluding hydrogens is 240 g/mol. The van der Waals surface area contributed by atoms with Gasteiger partial charge in [-0.25, -0.2) is 0 Å². The van der Waals surface area contributed by atoms with Gasteiger partial charge in [-0.15, -0.1) is 0 Å². The first-order valence-corrected chi connectivity index (χ1v) is 7.28. The van der Waals surface area contributed by atoms with E-state index in [1.165, 1.54) is 44.9 Å². The van der Waals surface area contributed by atoms with Crippen LogP contribution in [0.5, 0.6) is 0 Å². The number of nitrogens with zero attached hydrogens (tertiary/aromatic N) is 2. The predicted octanol–water partition coefficient (Wildman–Crippen LogP) is 2.70. The van der Waals surface area contributed by atoms with Gasteiger partial charge in [0.1, 0.15) is 0 Å². The second-order valence-electron chi connectivity index (χ2n) is 5.04. The van der Waals surface area contributed by atoms with Gasteiger partial charge < -0.3 is 11.5 Å². The molecule has 0 bridgehead atoms. The Hall–Kier alpha value is -1.52. The average Bonchev–Trinajstić information content (AvgIpc) is 2.74. The van der Waals surface area contributed by atoms with E-state index >= 15 is 0 Å². The summed E-state index contributed by atoms with van der Waals surface area (Å²) in [5.41, 5.74) is 11.4. The molecule has 1 amide bonds. The second kappa shape index (κ2) is 8.56. The molecule has 108 valence electrons. The summed E-state index contributed by atoms with van der Waals surface area (Å²) >= 11 is 0. The third-order valence-electron chi connectivity index (χ3n) is 3.26. The van der Waals surface area contributed by atoms with Crippen LogP contribution in [0.4, 0.5) is 5.69 Å². The third kappa shape index (κ3) is 5.77. The van der Waals surface area contributed by atoms with Gasteiger partial charge in [-0.1, -0.05) is 51.9 Å². The van der Waals surface area contributed by atoms with Crippen molar-refractivity contribution in [3.8, 4) is 0 Å². The SMILES string of the molecule is CCCCCCCCCCn1cc(N)c(C(N)=O)n1. The molecule has 4 N–H and O–H groups in total. The van der Waals surface area contributed by atoms with Crippen molar-refractivity contribution in [1.82, 2.24) is 9.78 Å². The van der Waals surface area contributed by atoms with E-state index in [0.717, 1.165) is 13.0 Å². The molecule has 0 aliphatic heterocycles. The fraction of sp³-hybridized carbons (Fsp3) is 0.714. The van der Waals surface area contributed by atoms with Crippen LogP contribution in [0.1, 0.15) is 68.8 Å². The molecule has 1 aromatic rings. The van der Waals surface area contributed by atoms with Gasteiger partial charge >= 0.3 is 0 Å². The molecular formula is C14H26N4O.